The second-order valence-electron chi connectivity index (χ2n) is 6.64. The number of nitrogens with one attached hydrogen (secondary N) is 1. The smallest absolute Gasteiger partial charge is 0.258 e. The summed E-state index contributed by atoms with van der Waals surface area (Å²) >= 11 is 0. The molecule has 0 aliphatic heterocycles. The van der Waals surface area contributed by atoms with E-state index in [9.17, 15) is 4.79 Å². The molecule has 1 amide bonds. The topological polar surface area (TPSA) is 56.1 Å². The van der Waals surface area contributed by atoms with Crippen LogP contribution >= 0.6 is 0 Å². The van der Waals surface area contributed by atoms with E-state index in [1.165, 1.54) is 19.3 Å². The predicted molar refractivity (Wildman–Crippen MR) is 98.2 cm³/mol. The zero-order valence-corrected chi connectivity index (χ0v) is 14.6. The van der Waals surface area contributed by atoms with Gasteiger partial charge in [0.15, 0.2) is 6.61 Å². The fourth-order valence-corrected chi connectivity index (χ4v) is 3.31. The third kappa shape index (κ3) is 4.29. The Morgan fingerprint density at radius 1 is 1.36 bits per heavy atom. The molecule has 1 aliphatic rings. The Hall–Kier alpha value is -2.56. The Bertz CT molecular complexity index is 724. The Morgan fingerprint density at radius 2 is 2.16 bits per heavy atom. The zero-order chi connectivity index (χ0) is 17.6. The second kappa shape index (κ2) is 8.01. The summed E-state index contributed by atoms with van der Waals surface area (Å²) in [5.41, 5.74) is 1.61. The summed E-state index contributed by atoms with van der Waals surface area (Å²) in [5.74, 6) is 1.11. The quantitative estimate of drug-likeness (QED) is 0.877. The van der Waals surface area contributed by atoms with Gasteiger partial charge in [0.25, 0.3) is 5.91 Å². The first-order valence-electron chi connectivity index (χ1n) is 8.84. The Labute approximate surface area is 148 Å². The number of carbonyl (C=O) groups excluding carboxylic acids is 1. The van der Waals surface area contributed by atoms with Crippen LogP contribution in [0.5, 0.6) is 5.75 Å². The predicted octanol–water partition coefficient (Wildman–Crippen LogP) is 3.48. The molecule has 0 radical (unpaired) electrons. The number of para-hydroxylation sites is 1. The zero-order valence-electron chi connectivity index (χ0n) is 14.6. The molecule has 2 aromatic rings. The first-order valence-corrected chi connectivity index (χ1v) is 8.84. The van der Waals surface area contributed by atoms with Crippen molar-refractivity contribution in [2.45, 2.75) is 38.6 Å². The van der Waals surface area contributed by atoms with Gasteiger partial charge in [0.2, 0.25) is 0 Å². The Balaban J connectivity index is 1.61. The van der Waals surface area contributed by atoms with Crippen LogP contribution in [0.25, 0.3) is 5.70 Å². The molecule has 25 heavy (non-hydrogen) atoms. The maximum atomic E-state index is 12.3. The molecular formula is C20H25N3O2. The standard InChI is InChI=1S/C20H25N3O2/c1-15-7-3-5-9-18(15)22-20(24)13-25-19-10-6-4-8-17(19)16(2)23-12-11-21-14-23/h4,6,8,10-12,14-15,18H,2-3,5,7,9,13H2,1H3,(H,22,24). The highest BCUT2D eigenvalue weighted by Crippen LogP contribution is 2.26. The summed E-state index contributed by atoms with van der Waals surface area (Å²) in [6.07, 6.45) is 9.90. The van der Waals surface area contributed by atoms with Gasteiger partial charge in [0, 0.05) is 24.0 Å². The summed E-state index contributed by atoms with van der Waals surface area (Å²) in [4.78, 5) is 16.3. The fourth-order valence-electron chi connectivity index (χ4n) is 3.31. The van der Waals surface area contributed by atoms with E-state index in [0.717, 1.165) is 17.7 Å². The number of rotatable bonds is 6. The van der Waals surface area contributed by atoms with Crippen LogP contribution in [0.15, 0.2) is 49.6 Å². The Kier molecular flexibility index (Phi) is 5.53. The molecule has 1 saturated carbocycles. The van der Waals surface area contributed by atoms with E-state index < -0.39 is 0 Å². The molecule has 5 heteroatoms. The van der Waals surface area contributed by atoms with Gasteiger partial charge in [-0.3, -0.25) is 4.79 Å². The Morgan fingerprint density at radius 3 is 2.92 bits per heavy atom. The number of ether oxygens (including phenoxy) is 1. The van der Waals surface area contributed by atoms with Gasteiger partial charge in [-0.05, 0) is 30.9 Å². The van der Waals surface area contributed by atoms with Gasteiger partial charge in [-0.15, -0.1) is 0 Å². The lowest BCUT2D eigenvalue weighted by atomic mass is 9.86. The maximum Gasteiger partial charge on any atom is 0.258 e. The number of nitrogens with zero attached hydrogens (tertiary/aromatic N) is 2. The van der Waals surface area contributed by atoms with Gasteiger partial charge >= 0.3 is 0 Å². The summed E-state index contributed by atoms with van der Waals surface area (Å²) in [5, 5.41) is 3.11. The van der Waals surface area contributed by atoms with Crippen LogP contribution in [0, 0.1) is 5.92 Å². The van der Waals surface area contributed by atoms with Crippen LogP contribution in [0.3, 0.4) is 0 Å². The van der Waals surface area contributed by atoms with Gasteiger partial charge in [0.1, 0.15) is 5.75 Å². The first-order chi connectivity index (χ1) is 12.1. The summed E-state index contributed by atoms with van der Waals surface area (Å²) < 4.78 is 7.61. The molecule has 0 spiro atoms. The average molecular weight is 339 g/mol. The van der Waals surface area contributed by atoms with E-state index >= 15 is 0 Å². The van der Waals surface area contributed by atoms with Crippen molar-refractivity contribution in [2.24, 2.45) is 5.92 Å². The molecule has 132 valence electrons. The highest BCUT2D eigenvalue weighted by molar-refractivity contribution is 5.78. The fraction of sp³-hybridized carbons (Fsp3) is 0.400. The molecule has 1 aromatic carbocycles. The molecule has 5 nitrogen and oxygen atoms in total. The minimum Gasteiger partial charge on any atom is -0.483 e. The molecule has 1 aromatic heterocycles. The van der Waals surface area contributed by atoms with Crippen LogP contribution < -0.4 is 10.1 Å². The van der Waals surface area contributed by atoms with Gasteiger partial charge in [0.05, 0.1) is 12.0 Å². The molecule has 0 bridgehead atoms. The minimum absolute atomic E-state index is 0.0114. The van der Waals surface area contributed by atoms with Crippen molar-refractivity contribution in [2.75, 3.05) is 6.61 Å². The number of carbonyl (C=O) groups is 1. The van der Waals surface area contributed by atoms with E-state index in [0.29, 0.717) is 11.7 Å². The largest absolute Gasteiger partial charge is 0.483 e. The number of hydrogen-bond acceptors (Lipinski definition) is 3. The average Bonchev–Trinajstić information content (AvgIpc) is 3.16. The van der Waals surface area contributed by atoms with E-state index in [1.807, 2.05) is 35.0 Å². The number of amides is 1. The molecule has 1 fully saturated rings. The third-order valence-corrected chi connectivity index (χ3v) is 4.83. The highest BCUT2D eigenvalue weighted by atomic mass is 16.5. The molecule has 2 atom stereocenters. The van der Waals surface area contributed by atoms with E-state index in [-0.39, 0.29) is 18.6 Å². The number of benzene rings is 1. The lowest BCUT2D eigenvalue weighted by molar-refractivity contribution is -0.124. The van der Waals surface area contributed by atoms with Gasteiger partial charge in [-0.2, -0.15) is 0 Å². The molecule has 1 aliphatic carbocycles. The van der Waals surface area contributed by atoms with Crippen molar-refractivity contribution in [1.29, 1.82) is 0 Å². The molecule has 1 heterocycles. The monoisotopic (exact) mass is 339 g/mol. The van der Waals surface area contributed by atoms with Crippen LogP contribution in [0.4, 0.5) is 0 Å². The second-order valence-corrected chi connectivity index (χ2v) is 6.64. The third-order valence-electron chi connectivity index (χ3n) is 4.83. The van der Waals surface area contributed by atoms with Gasteiger partial charge < -0.3 is 14.6 Å². The normalized spacial score (nSPS) is 20.0. The van der Waals surface area contributed by atoms with Crippen molar-refractivity contribution in [3.8, 4) is 5.75 Å². The molecule has 3 rings (SSSR count). The van der Waals surface area contributed by atoms with Crippen LogP contribution in [0.1, 0.15) is 38.2 Å². The van der Waals surface area contributed by atoms with Crippen molar-refractivity contribution >= 4 is 11.6 Å². The number of aromatic nitrogens is 2. The lowest BCUT2D eigenvalue weighted by Crippen LogP contribution is -2.43. The summed E-state index contributed by atoms with van der Waals surface area (Å²) in [6, 6.07) is 7.86. The van der Waals surface area contributed by atoms with E-state index in [4.69, 9.17) is 4.74 Å². The van der Waals surface area contributed by atoms with Crippen LogP contribution in [0.2, 0.25) is 0 Å². The number of hydrogen-bond donors (Lipinski definition) is 1. The highest BCUT2D eigenvalue weighted by Gasteiger charge is 2.23. The van der Waals surface area contributed by atoms with Crippen LogP contribution in [-0.4, -0.2) is 28.1 Å². The maximum absolute atomic E-state index is 12.3. The SMILES string of the molecule is C=C(c1ccccc1OCC(=O)NC1CCCCC1C)n1ccnc1. The van der Waals surface area contributed by atoms with Crippen LogP contribution in [-0.2, 0) is 4.79 Å². The molecule has 2 unspecified atom stereocenters. The van der Waals surface area contributed by atoms with Gasteiger partial charge in [-0.25, -0.2) is 4.98 Å². The molecule has 1 N–H and O–H groups in total. The van der Waals surface area contributed by atoms with Crippen molar-refractivity contribution in [1.82, 2.24) is 14.9 Å². The lowest BCUT2D eigenvalue weighted by Gasteiger charge is -2.29. The van der Waals surface area contributed by atoms with Crippen molar-refractivity contribution in [3.63, 3.8) is 0 Å². The molecular weight excluding hydrogens is 314 g/mol. The number of imidazole rings is 1. The van der Waals surface area contributed by atoms with Crippen molar-refractivity contribution in [3.05, 3.63) is 55.1 Å². The van der Waals surface area contributed by atoms with E-state index in [1.54, 1.807) is 12.5 Å². The van der Waals surface area contributed by atoms with Crippen molar-refractivity contribution < 1.29 is 9.53 Å². The summed E-state index contributed by atoms with van der Waals surface area (Å²) in [7, 11) is 0. The minimum atomic E-state index is -0.0678. The first kappa shape index (κ1) is 17.3. The molecule has 0 saturated heterocycles. The van der Waals surface area contributed by atoms with E-state index in [2.05, 4.69) is 23.8 Å². The van der Waals surface area contributed by atoms with Gasteiger partial charge in [-0.1, -0.05) is 38.5 Å². The summed E-state index contributed by atoms with van der Waals surface area (Å²) in [6.45, 7) is 6.32.